The number of nitrogens with zero attached hydrogens (tertiary/aromatic N) is 1. The van der Waals surface area contributed by atoms with Crippen LogP contribution in [-0.2, 0) is 6.54 Å². The van der Waals surface area contributed by atoms with E-state index in [0.29, 0.717) is 0 Å². The molecule has 0 aromatic carbocycles. The van der Waals surface area contributed by atoms with Gasteiger partial charge in [0, 0.05) is 19.1 Å². The molecule has 1 saturated carbocycles. The summed E-state index contributed by atoms with van der Waals surface area (Å²) in [4.78, 5) is 2.48. The Morgan fingerprint density at radius 1 is 1.47 bits per heavy atom. The maximum absolute atomic E-state index is 3.72. The molecular formula is C15H25BrN2S. The van der Waals surface area contributed by atoms with Crippen LogP contribution in [0, 0.1) is 5.92 Å². The fraction of sp³-hybridized carbons (Fsp3) is 0.733. The van der Waals surface area contributed by atoms with Crippen molar-refractivity contribution in [2.45, 2.75) is 45.2 Å². The monoisotopic (exact) mass is 344 g/mol. The first-order chi connectivity index (χ1) is 9.19. The molecule has 108 valence electrons. The second-order valence-electron chi connectivity index (χ2n) is 5.71. The average molecular weight is 345 g/mol. The molecule has 1 aromatic heterocycles. The lowest BCUT2D eigenvalue weighted by molar-refractivity contribution is 0.245. The summed E-state index contributed by atoms with van der Waals surface area (Å²) in [6.45, 7) is 5.70. The van der Waals surface area contributed by atoms with E-state index >= 15 is 0 Å². The number of hydrogen-bond acceptors (Lipinski definition) is 3. The van der Waals surface area contributed by atoms with Crippen molar-refractivity contribution >= 4 is 27.3 Å². The highest BCUT2D eigenvalue weighted by atomic mass is 79.9. The van der Waals surface area contributed by atoms with E-state index < -0.39 is 0 Å². The van der Waals surface area contributed by atoms with Gasteiger partial charge in [-0.3, -0.25) is 0 Å². The molecule has 1 aliphatic rings. The van der Waals surface area contributed by atoms with Gasteiger partial charge in [-0.25, -0.2) is 0 Å². The van der Waals surface area contributed by atoms with E-state index in [-0.39, 0.29) is 0 Å². The molecule has 0 bridgehead atoms. The van der Waals surface area contributed by atoms with E-state index in [1.807, 2.05) is 0 Å². The van der Waals surface area contributed by atoms with Gasteiger partial charge >= 0.3 is 0 Å². The third-order valence-corrected chi connectivity index (χ3v) is 5.49. The molecule has 1 aliphatic carbocycles. The van der Waals surface area contributed by atoms with Crippen molar-refractivity contribution in [1.29, 1.82) is 0 Å². The molecule has 1 aromatic rings. The zero-order valence-corrected chi connectivity index (χ0v) is 14.4. The molecule has 2 unspecified atom stereocenters. The van der Waals surface area contributed by atoms with Crippen LogP contribution in [0.15, 0.2) is 15.2 Å². The number of hydrogen-bond donors (Lipinski definition) is 1. The molecule has 1 N–H and O–H groups in total. The minimum absolute atomic E-state index is 0.747. The Balaban J connectivity index is 1.79. The number of halogens is 1. The molecule has 0 aliphatic heterocycles. The van der Waals surface area contributed by atoms with Crippen LogP contribution in [0.25, 0.3) is 0 Å². The maximum Gasteiger partial charge on any atom is 0.0701 e. The van der Waals surface area contributed by atoms with Crippen LogP contribution in [0.3, 0.4) is 0 Å². The van der Waals surface area contributed by atoms with Crippen LogP contribution in [0.1, 0.15) is 38.2 Å². The topological polar surface area (TPSA) is 15.3 Å². The van der Waals surface area contributed by atoms with Gasteiger partial charge in [-0.05, 0) is 71.7 Å². The van der Waals surface area contributed by atoms with Crippen LogP contribution in [0.4, 0.5) is 0 Å². The van der Waals surface area contributed by atoms with E-state index in [1.54, 1.807) is 11.3 Å². The molecule has 0 radical (unpaired) electrons. The maximum atomic E-state index is 3.72. The van der Waals surface area contributed by atoms with E-state index in [4.69, 9.17) is 0 Å². The van der Waals surface area contributed by atoms with Gasteiger partial charge in [-0.2, -0.15) is 0 Å². The highest BCUT2D eigenvalue weighted by Crippen LogP contribution is 2.27. The SMILES string of the molecule is CCCNC1CCCC1CN(C)Cc1csc(Br)c1. The van der Waals surface area contributed by atoms with Gasteiger partial charge in [-0.1, -0.05) is 13.3 Å². The smallest absolute Gasteiger partial charge is 0.0701 e. The normalized spacial score (nSPS) is 23.4. The predicted octanol–water partition coefficient (Wildman–Crippen LogP) is 4.11. The molecule has 19 heavy (non-hydrogen) atoms. The van der Waals surface area contributed by atoms with Gasteiger partial charge in [0.2, 0.25) is 0 Å². The highest BCUT2D eigenvalue weighted by molar-refractivity contribution is 9.11. The first-order valence-corrected chi connectivity index (χ1v) is 9.01. The Morgan fingerprint density at radius 3 is 3.00 bits per heavy atom. The summed E-state index contributed by atoms with van der Waals surface area (Å²) in [5.41, 5.74) is 1.43. The molecule has 2 nitrogen and oxygen atoms in total. The Kier molecular flexibility index (Phi) is 6.33. The summed E-state index contributed by atoms with van der Waals surface area (Å²) in [5.74, 6) is 0.832. The fourth-order valence-electron chi connectivity index (χ4n) is 3.06. The number of thiophene rings is 1. The van der Waals surface area contributed by atoms with Gasteiger partial charge in [0.1, 0.15) is 0 Å². The van der Waals surface area contributed by atoms with Crippen molar-refractivity contribution in [2.75, 3.05) is 20.1 Å². The molecule has 0 amide bonds. The van der Waals surface area contributed by atoms with Crippen molar-refractivity contribution in [1.82, 2.24) is 10.2 Å². The summed E-state index contributed by atoms with van der Waals surface area (Å²) in [5, 5.41) is 5.97. The summed E-state index contributed by atoms with van der Waals surface area (Å²) in [6, 6.07) is 2.99. The average Bonchev–Trinajstić information content (AvgIpc) is 2.96. The van der Waals surface area contributed by atoms with E-state index in [1.165, 1.54) is 48.1 Å². The minimum atomic E-state index is 0.747. The third kappa shape index (κ3) is 4.85. The first-order valence-electron chi connectivity index (χ1n) is 7.34. The van der Waals surface area contributed by atoms with Crippen molar-refractivity contribution in [3.8, 4) is 0 Å². The molecular weight excluding hydrogens is 320 g/mol. The zero-order chi connectivity index (χ0) is 13.7. The molecule has 0 spiro atoms. The molecule has 0 saturated heterocycles. The Hall–Kier alpha value is 0.100. The largest absolute Gasteiger partial charge is 0.314 e. The molecule has 4 heteroatoms. The third-order valence-electron chi connectivity index (χ3n) is 3.94. The van der Waals surface area contributed by atoms with Gasteiger partial charge in [-0.15, -0.1) is 11.3 Å². The number of rotatable bonds is 7. The lowest BCUT2D eigenvalue weighted by atomic mass is 10.0. The number of nitrogens with one attached hydrogen (secondary N) is 1. The Labute approximate surface area is 129 Å². The Morgan fingerprint density at radius 2 is 2.32 bits per heavy atom. The molecule has 1 fully saturated rings. The van der Waals surface area contributed by atoms with Crippen molar-refractivity contribution in [3.05, 3.63) is 20.8 Å². The summed E-state index contributed by atoms with van der Waals surface area (Å²) in [6.07, 6.45) is 5.38. The molecule has 1 heterocycles. The molecule has 2 atom stereocenters. The highest BCUT2D eigenvalue weighted by Gasteiger charge is 2.27. The summed E-state index contributed by atoms with van der Waals surface area (Å²) < 4.78 is 1.24. The Bertz CT molecular complexity index is 380. The fourth-order valence-corrected chi connectivity index (χ4v) is 4.26. The predicted molar refractivity (Wildman–Crippen MR) is 87.8 cm³/mol. The quantitative estimate of drug-likeness (QED) is 0.800. The second kappa shape index (κ2) is 7.77. The van der Waals surface area contributed by atoms with Crippen LogP contribution >= 0.6 is 27.3 Å². The van der Waals surface area contributed by atoms with E-state index in [9.17, 15) is 0 Å². The van der Waals surface area contributed by atoms with Crippen LogP contribution < -0.4 is 5.32 Å². The summed E-state index contributed by atoms with van der Waals surface area (Å²) >= 11 is 5.32. The van der Waals surface area contributed by atoms with Crippen LogP contribution in [0.5, 0.6) is 0 Å². The standard InChI is InChI=1S/C15H25BrN2S/c1-3-7-17-14-6-4-5-13(14)10-18(2)9-12-8-15(16)19-11-12/h8,11,13-14,17H,3-7,9-10H2,1-2H3. The van der Waals surface area contributed by atoms with Gasteiger partial charge in [0.05, 0.1) is 3.79 Å². The van der Waals surface area contributed by atoms with Crippen molar-refractivity contribution in [2.24, 2.45) is 5.92 Å². The van der Waals surface area contributed by atoms with Gasteiger partial charge in [0.25, 0.3) is 0 Å². The van der Waals surface area contributed by atoms with Crippen molar-refractivity contribution in [3.63, 3.8) is 0 Å². The first kappa shape index (κ1) is 15.5. The van der Waals surface area contributed by atoms with E-state index in [2.05, 4.69) is 51.6 Å². The lowest BCUT2D eigenvalue weighted by Gasteiger charge is -2.26. The summed E-state index contributed by atoms with van der Waals surface area (Å²) in [7, 11) is 2.25. The van der Waals surface area contributed by atoms with Crippen LogP contribution in [0.2, 0.25) is 0 Å². The van der Waals surface area contributed by atoms with Gasteiger partial charge < -0.3 is 10.2 Å². The second-order valence-corrected chi connectivity index (χ2v) is 8.00. The van der Waals surface area contributed by atoms with Crippen molar-refractivity contribution < 1.29 is 0 Å². The van der Waals surface area contributed by atoms with Gasteiger partial charge in [0.15, 0.2) is 0 Å². The minimum Gasteiger partial charge on any atom is -0.314 e. The molecule has 2 rings (SSSR count). The lowest BCUT2D eigenvalue weighted by Crippen LogP contribution is -2.38. The van der Waals surface area contributed by atoms with Crippen LogP contribution in [-0.4, -0.2) is 31.1 Å². The zero-order valence-electron chi connectivity index (χ0n) is 12.0. The van der Waals surface area contributed by atoms with E-state index in [0.717, 1.165) is 18.5 Å².